The normalized spacial score (nSPS) is 11.8. The number of carbonyl (C=O) groups is 2. The van der Waals surface area contributed by atoms with Crippen LogP contribution in [0.2, 0.25) is 10.0 Å². The molecule has 0 aromatic heterocycles. The Labute approximate surface area is 149 Å². The van der Waals surface area contributed by atoms with Gasteiger partial charge >= 0.3 is 0 Å². The van der Waals surface area contributed by atoms with E-state index in [1.165, 1.54) is 12.1 Å². The van der Waals surface area contributed by atoms with E-state index in [-0.39, 0.29) is 34.6 Å². The molecule has 2 aromatic rings. The Bertz CT molecular complexity index is 750. The van der Waals surface area contributed by atoms with Crippen molar-refractivity contribution in [1.82, 2.24) is 5.32 Å². The molecule has 0 radical (unpaired) electrons. The number of halogens is 3. The van der Waals surface area contributed by atoms with Gasteiger partial charge < -0.3 is 5.32 Å². The van der Waals surface area contributed by atoms with E-state index in [4.69, 9.17) is 23.2 Å². The van der Waals surface area contributed by atoms with E-state index in [1.807, 2.05) is 6.07 Å². The zero-order valence-electron chi connectivity index (χ0n) is 13.0. The highest BCUT2D eigenvalue weighted by Gasteiger charge is 2.16. The van der Waals surface area contributed by atoms with Gasteiger partial charge in [0.1, 0.15) is 5.82 Å². The van der Waals surface area contributed by atoms with Crippen molar-refractivity contribution in [3.63, 3.8) is 0 Å². The molecule has 1 N–H and O–H groups in total. The number of hydrogen-bond acceptors (Lipinski definition) is 2. The Balaban J connectivity index is 1.93. The first-order valence-corrected chi connectivity index (χ1v) is 8.16. The van der Waals surface area contributed by atoms with Gasteiger partial charge in [0, 0.05) is 23.4 Å². The van der Waals surface area contributed by atoms with Crippen LogP contribution in [0.5, 0.6) is 0 Å². The molecule has 0 heterocycles. The smallest absolute Gasteiger partial charge is 0.220 e. The van der Waals surface area contributed by atoms with Crippen molar-refractivity contribution in [3.8, 4) is 0 Å². The van der Waals surface area contributed by atoms with E-state index in [1.54, 1.807) is 31.2 Å². The largest absolute Gasteiger partial charge is 0.350 e. The second-order valence-corrected chi connectivity index (χ2v) is 6.18. The lowest BCUT2D eigenvalue weighted by Crippen LogP contribution is -2.27. The Morgan fingerprint density at radius 3 is 2.42 bits per heavy atom. The second kappa shape index (κ2) is 8.27. The predicted octanol–water partition coefficient (Wildman–Crippen LogP) is 4.97. The zero-order valence-corrected chi connectivity index (χ0v) is 14.5. The number of Topliss-reactive ketones (excluding diaryl/α,β-unsaturated/α-hetero) is 1. The Morgan fingerprint density at radius 1 is 1.08 bits per heavy atom. The van der Waals surface area contributed by atoms with E-state index >= 15 is 0 Å². The number of nitrogens with one attached hydrogen (secondary N) is 1. The first kappa shape index (κ1) is 18.4. The summed E-state index contributed by atoms with van der Waals surface area (Å²) >= 11 is 11.7. The fraction of sp³-hybridized carbons (Fsp3) is 0.222. The third-order valence-corrected chi connectivity index (χ3v) is 4.18. The molecule has 6 heteroatoms. The molecule has 1 amide bonds. The summed E-state index contributed by atoms with van der Waals surface area (Å²) in [4.78, 5) is 24.0. The van der Waals surface area contributed by atoms with Crippen LogP contribution in [0.1, 0.15) is 41.7 Å². The molecule has 0 aliphatic heterocycles. The van der Waals surface area contributed by atoms with Crippen molar-refractivity contribution >= 4 is 34.9 Å². The van der Waals surface area contributed by atoms with Gasteiger partial charge in [-0.2, -0.15) is 0 Å². The minimum atomic E-state index is -0.601. The highest BCUT2D eigenvalue weighted by Crippen LogP contribution is 2.28. The van der Waals surface area contributed by atoms with Gasteiger partial charge in [-0.15, -0.1) is 0 Å². The van der Waals surface area contributed by atoms with Crippen LogP contribution in [0.3, 0.4) is 0 Å². The van der Waals surface area contributed by atoms with Crippen LogP contribution in [0.25, 0.3) is 0 Å². The van der Waals surface area contributed by atoms with E-state index < -0.39 is 11.9 Å². The topological polar surface area (TPSA) is 46.2 Å². The summed E-state index contributed by atoms with van der Waals surface area (Å²) in [5.74, 6) is -1.01. The van der Waals surface area contributed by atoms with Crippen molar-refractivity contribution in [2.45, 2.75) is 25.8 Å². The van der Waals surface area contributed by atoms with Gasteiger partial charge in [-0.05, 0) is 24.6 Å². The highest BCUT2D eigenvalue weighted by molar-refractivity contribution is 6.35. The summed E-state index contributed by atoms with van der Waals surface area (Å²) in [6, 6.07) is 10.8. The first-order chi connectivity index (χ1) is 11.4. The summed E-state index contributed by atoms with van der Waals surface area (Å²) in [7, 11) is 0. The number of carbonyl (C=O) groups excluding carboxylic acids is 2. The van der Waals surface area contributed by atoms with Crippen LogP contribution in [-0.4, -0.2) is 11.7 Å². The monoisotopic (exact) mass is 367 g/mol. The maximum Gasteiger partial charge on any atom is 0.220 e. The lowest BCUT2D eigenvalue weighted by molar-refractivity contribution is -0.121. The molecule has 0 aliphatic carbocycles. The molecule has 3 nitrogen and oxygen atoms in total. The maximum absolute atomic E-state index is 13.6. The fourth-order valence-corrected chi connectivity index (χ4v) is 2.80. The molecule has 2 rings (SSSR count). The van der Waals surface area contributed by atoms with E-state index in [9.17, 15) is 14.0 Å². The average molecular weight is 368 g/mol. The van der Waals surface area contributed by atoms with Gasteiger partial charge in [-0.1, -0.05) is 53.5 Å². The third-order valence-electron chi connectivity index (χ3n) is 3.56. The molecular formula is C18H16Cl2FNO2. The van der Waals surface area contributed by atoms with Gasteiger partial charge in [-0.25, -0.2) is 4.39 Å². The Morgan fingerprint density at radius 2 is 1.75 bits per heavy atom. The van der Waals surface area contributed by atoms with Gasteiger partial charge in [0.15, 0.2) is 5.78 Å². The molecule has 126 valence electrons. The lowest BCUT2D eigenvalue weighted by atomic mass is 10.1. The van der Waals surface area contributed by atoms with Crippen molar-refractivity contribution in [2.75, 3.05) is 0 Å². The molecule has 1 atom stereocenters. The van der Waals surface area contributed by atoms with Gasteiger partial charge in [-0.3, -0.25) is 9.59 Å². The van der Waals surface area contributed by atoms with Crippen molar-refractivity contribution < 1.29 is 14.0 Å². The van der Waals surface area contributed by atoms with Crippen molar-refractivity contribution in [3.05, 3.63) is 69.5 Å². The SMILES string of the molecule is C[C@H](NC(=O)CCC(=O)c1ccccc1)c1cc(F)c(Cl)cc1Cl. The molecule has 0 bridgehead atoms. The maximum atomic E-state index is 13.6. The van der Waals surface area contributed by atoms with Crippen LogP contribution in [0, 0.1) is 5.82 Å². The molecule has 2 aromatic carbocycles. The summed E-state index contributed by atoms with van der Waals surface area (Å²) in [5.41, 5.74) is 1.00. The standard InChI is InChI=1S/C18H16Cl2FNO2/c1-11(13-9-16(21)15(20)10-14(13)19)22-18(24)8-7-17(23)12-5-3-2-4-6-12/h2-6,9-11H,7-8H2,1H3,(H,22,24)/t11-/m0/s1. The molecule has 0 spiro atoms. The highest BCUT2D eigenvalue weighted by atomic mass is 35.5. The van der Waals surface area contributed by atoms with Gasteiger partial charge in [0.25, 0.3) is 0 Å². The molecular weight excluding hydrogens is 352 g/mol. The van der Waals surface area contributed by atoms with E-state index in [2.05, 4.69) is 5.32 Å². The van der Waals surface area contributed by atoms with Crippen LogP contribution < -0.4 is 5.32 Å². The molecule has 0 unspecified atom stereocenters. The molecule has 24 heavy (non-hydrogen) atoms. The summed E-state index contributed by atoms with van der Waals surface area (Å²) in [5, 5.41) is 2.90. The number of hydrogen-bond donors (Lipinski definition) is 1. The quantitative estimate of drug-likeness (QED) is 0.578. The lowest BCUT2D eigenvalue weighted by Gasteiger charge is -2.16. The molecule has 0 aliphatic rings. The minimum Gasteiger partial charge on any atom is -0.350 e. The summed E-state index contributed by atoms with van der Waals surface area (Å²) in [6.45, 7) is 1.69. The minimum absolute atomic E-state index is 0.0474. The predicted molar refractivity (Wildman–Crippen MR) is 93.0 cm³/mol. The van der Waals surface area contributed by atoms with Crippen molar-refractivity contribution in [2.24, 2.45) is 0 Å². The fourth-order valence-electron chi connectivity index (χ4n) is 2.26. The first-order valence-electron chi connectivity index (χ1n) is 7.40. The van der Waals surface area contributed by atoms with Gasteiger partial charge in [0.05, 0.1) is 11.1 Å². The van der Waals surface area contributed by atoms with Gasteiger partial charge in [0.2, 0.25) is 5.91 Å². The van der Waals surface area contributed by atoms with E-state index in [0.717, 1.165) is 0 Å². The molecule has 0 saturated carbocycles. The second-order valence-electron chi connectivity index (χ2n) is 5.37. The number of ketones is 1. The number of benzene rings is 2. The van der Waals surface area contributed by atoms with Crippen LogP contribution >= 0.6 is 23.2 Å². The third kappa shape index (κ3) is 4.79. The molecule has 0 saturated heterocycles. The van der Waals surface area contributed by atoms with Crippen molar-refractivity contribution in [1.29, 1.82) is 0 Å². The summed E-state index contributed by atoms with van der Waals surface area (Å²) in [6.07, 6.45) is 0.150. The zero-order chi connectivity index (χ0) is 17.7. The Kier molecular flexibility index (Phi) is 6.35. The number of amides is 1. The van der Waals surface area contributed by atoms with E-state index in [0.29, 0.717) is 11.1 Å². The van der Waals surface area contributed by atoms with Crippen LogP contribution in [0.15, 0.2) is 42.5 Å². The summed E-state index contributed by atoms with van der Waals surface area (Å²) < 4.78 is 13.6. The Hall–Kier alpha value is -1.91. The molecule has 0 fully saturated rings. The average Bonchev–Trinajstić information content (AvgIpc) is 2.56. The number of rotatable bonds is 6. The van der Waals surface area contributed by atoms with Crippen LogP contribution in [0.4, 0.5) is 4.39 Å². The van der Waals surface area contributed by atoms with Crippen LogP contribution in [-0.2, 0) is 4.79 Å².